The van der Waals surface area contributed by atoms with E-state index in [1.807, 2.05) is 0 Å². The van der Waals surface area contributed by atoms with E-state index in [1.165, 1.54) is 25.9 Å². The fourth-order valence-corrected chi connectivity index (χ4v) is 1.93. The van der Waals surface area contributed by atoms with Crippen molar-refractivity contribution in [2.75, 3.05) is 19.6 Å². The van der Waals surface area contributed by atoms with Crippen LogP contribution in [0.2, 0.25) is 0 Å². The van der Waals surface area contributed by atoms with E-state index in [1.54, 1.807) is 0 Å². The highest BCUT2D eigenvalue weighted by Gasteiger charge is 2.32. The molecule has 0 spiro atoms. The second-order valence-electron chi connectivity index (χ2n) is 3.21. The number of halogens is 1. The highest BCUT2D eigenvalue weighted by molar-refractivity contribution is 5.85. The third kappa shape index (κ3) is 1.29. The summed E-state index contributed by atoms with van der Waals surface area (Å²) in [4.78, 5) is 2.35. The second-order valence-corrected chi connectivity index (χ2v) is 3.21. The molecule has 0 aromatic rings. The maximum Gasteiger partial charge on any atom is 0.0696 e. The topological polar surface area (TPSA) is 23.5 Å². The van der Waals surface area contributed by atoms with Gasteiger partial charge in [0.15, 0.2) is 0 Å². The van der Waals surface area contributed by atoms with Gasteiger partial charge in [0, 0.05) is 6.54 Å². The van der Waals surface area contributed by atoms with Crippen LogP contribution in [0.5, 0.6) is 0 Å². The molecule has 0 saturated carbocycles. The zero-order chi connectivity index (χ0) is 6.27. The van der Waals surface area contributed by atoms with Crippen LogP contribution in [0.25, 0.3) is 0 Å². The maximum absolute atomic E-state index is 9.36. The van der Waals surface area contributed by atoms with Crippen molar-refractivity contribution in [2.24, 2.45) is 5.92 Å². The van der Waals surface area contributed by atoms with Gasteiger partial charge in [-0.05, 0) is 31.8 Å². The van der Waals surface area contributed by atoms with Gasteiger partial charge >= 0.3 is 0 Å². The standard InChI is InChI=1S/C7H13NO.ClH/c9-7-5-8-3-1-6(7)2-4-8;/h6-7,9H,1-5H2;1H/t7-;/m1./s1. The Morgan fingerprint density at radius 2 is 1.80 bits per heavy atom. The number of hydrogen-bond acceptors (Lipinski definition) is 2. The molecule has 0 aromatic carbocycles. The van der Waals surface area contributed by atoms with E-state index in [2.05, 4.69) is 4.90 Å². The summed E-state index contributed by atoms with van der Waals surface area (Å²) < 4.78 is 0. The molecule has 0 amide bonds. The average Bonchev–Trinajstić information content (AvgIpc) is 1.90. The number of fused-ring (bicyclic) bond motifs is 3. The van der Waals surface area contributed by atoms with Crippen molar-refractivity contribution in [2.45, 2.75) is 18.9 Å². The number of piperidine rings is 3. The lowest BCUT2D eigenvalue weighted by atomic mass is 9.86. The van der Waals surface area contributed by atoms with Gasteiger partial charge in [0.25, 0.3) is 0 Å². The van der Waals surface area contributed by atoms with Crippen LogP contribution in [0.15, 0.2) is 0 Å². The minimum atomic E-state index is -0.00694. The quantitative estimate of drug-likeness (QED) is 0.562. The first kappa shape index (κ1) is 8.31. The highest BCUT2D eigenvalue weighted by Crippen LogP contribution is 2.26. The number of hydrogen-bond donors (Lipinski definition) is 1. The van der Waals surface area contributed by atoms with Gasteiger partial charge in [0.1, 0.15) is 0 Å². The zero-order valence-corrected chi connectivity index (χ0v) is 6.81. The Labute approximate surface area is 67.6 Å². The molecule has 3 heterocycles. The molecule has 2 nitrogen and oxygen atoms in total. The Hall–Kier alpha value is 0.210. The summed E-state index contributed by atoms with van der Waals surface area (Å²) in [6.45, 7) is 3.38. The van der Waals surface area contributed by atoms with Gasteiger partial charge in [-0.3, -0.25) is 0 Å². The smallest absolute Gasteiger partial charge is 0.0696 e. The van der Waals surface area contributed by atoms with Gasteiger partial charge < -0.3 is 10.0 Å². The van der Waals surface area contributed by atoms with Crippen molar-refractivity contribution >= 4 is 12.4 Å². The third-order valence-corrected chi connectivity index (χ3v) is 2.62. The van der Waals surface area contributed by atoms with Crippen molar-refractivity contribution in [1.82, 2.24) is 4.90 Å². The van der Waals surface area contributed by atoms with Crippen LogP contribution in [0.3, 0.4) is 0 Å². The van der Waals surface area contributed by atoms with Crippen LogP contribution in [0.4, 0.5) is 0 Å². The Balaban J connectivity index is 0.000000500. The first-order chi connectivity index (χ1) is 4.36. The number of aliphatic hydroxyl groups excluding tert-OH is 1. The van der Waals surface area contributed by atoms with E-state index >= 15 is 0 Å². The van der Waals surface area contributed by atoms with Crippen molar-refractivity contribution in [3.8, 4) is 0 Å². The van der Waals surface area contributed by atoms with E-state index in [4.69, 9.17) is 0 Å². The molecule has 3 saturated heterocycles. The van der Waals surface area contributed by atoms with Crippen molar-refractivity contribution in [3.63, 3.8) is 0 Å². The molecule has 0 unspecified atom stereocenters. The number of nitrogens with zero attached hydrogens (tertiary/aromatic N) is 1. The zero-order valence-electron chi connectivity index (χ0n) is 5.99. The van der Waals surface area contributed by atoms with Gasteiger partial charge in [-0.15, -0.1) is 12.4 Å². The minimum absolute atomic E-state index is 0. The molecule has 1 atom stereocenters. The molecule has 3 aliphatic heterocycles. The van der Waals surface area contributed by atoms with Gasteiger partial charge in [-0.25, -0.2) is 0 Å². The first-order valence-corrected chi connectivity index (χ1v) is 3.76. The van der Waals surface area contributed by atoms with Gasteiger partial charge in [0.2, 0.25) is 0 Å². The molecular weight excluding hydrogens is 150 g/mol. The summed E-state index contributed by atoms with van der Waals surface area (Å²) >= 11 is 0. The molecule has 0 aliphatic carbocycles. The lowest BCUT2D eigenvalue weighted by Gasteiger charge is -2.42. The Morgan fingerprint density at radius 1 is 1.20 bits per heavy atom. The third-order valence-electron chi connectivity index (χ3n) is 2.62. The molecule has 1 N–H and O–H groups in total. The van der Waals surface area contributed by atoms with Crippen molar-refractivity contribution in [1.29, 1.82) is 0 Å². The molecule has 3 aliphatic rings. The summed E-state index contributed by atoms with van der Waals surface area (Å²) in [5.41, 5.74) is 0. The van der Waals surface area contributed by atoms with Crippen LogP contribution in [0.1, 0.15) is 12.8 Å². The fraction of sp³-hybridized carbons (Fsp3) is 1.00. The lowest BCUT2D eigenvalue weighted by Crippen LogP contribution is -2.50. The molecule has 3 heteroatoms. The average molecular weight is 164 g/mol. The predicted octanol–water partition coefficient (Wildman–Crippen LogP) is 0.495. The maximum atomic E-state index is 9.36. The molecule has 60 valence electrons. The van der Waals surface area contributed by atoms with E-state index < -0.39 is 0 Å². The fourth-order valence-electron chi connectivity index (χ4n) is 1.93. The number of aliphatic hydroxyl groups is 1. The van der Waals surface area contributed by atoms with E-state index in [9.17, 15) is 5.11 Å². The van der Waals surface area contributed by atoms with Crippen LogP contribution >= 0.6 is 12.4 Å². The van der Waals surface area contributed by atoms with Gasteiger partial charge in [0.05, 0.1) is 6.10 Å². The van der Waals surface area contributed by atoms with Gasteiger partial charge in [-0.2, -0.15) is 0 Å². The molecule has 3 fully saturated rings. The molecule has 0 radical (unpaired) electrons. The molecule has 3 rings (SSSR count). The van der Waals surface area contributed by atoms with Crippen LogP contribution in [-0.4, -0.2) is 35.7 Å². The van der Waals surface area contributed by atoms with Crippen LogP contribution in [0, 0.1) is 5.92 Å². The van der Waals surface area contributed by atoms with Crippen LogP contribution < -0.4 is 0 Å². The first-order valence-electron chi connectivity index (χ1n) is 3.76. The van der Waals surface area contributed by atoms with Gasteiger partial charge in [-0.1, -0.05) is 0 Å². The van der Waals surface area contributed by atoms with Crippen molar-refractivity contribution in [3.05, 3.63) is 0 Å². The molecular formula is C7H14ClNO. The van der Waals surface area contributed by atoms with E-state index in [-0.39, 0.29) is 18.5 Å². The summed E-state index contributed by atoms with van der Waals surface area (Å²) in [5.74, 6) is 0.634. The minimum Gasteiger partial charge on any atom is -0.392 e. The monoisotopic (exact) mass is 163 g/mol. The SMILES string of the molecule is Cl.O[C@@H]1CN2CCC1CC2. The Bertz CT molecular complexity index is 112. The highest BCUT2D eigenvalue weighted by atomic mass is 35.5. The number of rotatable bonds is 0. The Kier molecular flexibility index (Phi) is 2.55. The van der Waals surface area contributed by atoms with E-state index in [0.29, 0.717) is 5.92 Å². The predicted molar refractivity (Wildman–Crippen MR) is 42.4 cm³/mol. The normalized spacial score (nSPS) is 44.7. The van der Waals surface area contributed by atoms with Crippen molar-refractivity contribution < 1.29 is 5.11 Å². The molecule has 10 heavy (non-hydrogen) atoms. The van der Waals surface area contributed by atoms with E-state index in [0.717, 1.165) is 6.54 Å². The summed E-state index contributed by atoms with van der Waals surface area (Å²) in [7, 11) is 0. The summed E-state index contributed by atoms with van der Waals surface area (Å²) in [6, 6.07) is 0. The largest absolute Gasteiger partial charge is 0.392 e. The van der Waals surface area contributed by atoms with Crippen LogP contribution in [-0.2, 0) is 0 Å². The molecule has 0 aromatic heterocycles. The lowest BCUT2D eigenvalue weighted by molar-refractivity contribution is -0.0227. The summed E-state index contributed by atoms with van der Waals surface area (Å²) in [5, 5.41) is 9.36. The Morgan fingerprint density at radius 3 is 2.00 bits per heavy atom. The molecule has 2 bridgehead atoms. The summed E-state index contributed by atoms with van der Waals surface area (Å²) in [6.07, 6.45) is 2.44. The second kappa shape index (κ2) is 3.07.